The number of hydrogen-bond donors (Lipinski definition) is 1. The van der Waals surface area contributed by atoms with Gasteiger partial charge in [0.15, 0.2) is 6.79 Å². The van der Waals surface area contributed by atoms with Gasteiger partial charge in [0.25, 0.3) is 0 Å². The van der Waals surface area contributed by atoms with E-state index in [0.717, 1.165) is 22.2 Å². The molecule has 4 nitrogen and oxygen atoms in total. The molecule has 0 saturated carbocycles. The maximum absolute atomic E-state index is 11.3. The van der Waals surface area contributed by atoms with E-state index in [1.165, 1.54) is 0 Å². The first kappa shape index (κ1) is 13.4. The fourth-order valence-corrected chi connectivity index (χ4v) is 1.77. The normalized spacial score (nSPS) is 10.4. The van der Waals surface area contributed by atoms with Crippen molar-refractivity contribution in [1.29, 1.82) is 0 Å². The van der Waals surface area contributed by atoms with Crippen LogP contribution in [0.4, 0.5) is 5.69 Å². The van der Waals surface area contributed by atoms with Gasteiger partial charge in [-0.05, 0) is 35.0 Å². The van der Waals surface area contributed by atoms with Gasteiger partial charge >= 0.3 is 0 Å². The number of methoxy groups -OCH3 is 1. The fourth-order valence-electron chi connectivity index (χ4n) is 1.77. The third kappa shape index (κ3) is 3.45. The van der Waals surface area contributed by atoms with Crippen molar-refractivity contribution in [3.63, 3.8) is 0 Å². The molecule has 0 aliphatic rings. The van der Waals surface area contributed by atoms with Gasteiger partial charge in [-0.2, -0.15) is 0 Å². The molecule has 0 unspecified atom stereocenters. The van der Waals surface area contributed by atoms with Crippen molar-refractivity contribution in [2.24, 2.45) is 0 Å². The Balaban J connectivity index is 2.22. The van der Waals surface area contributed by atoms with Crippen LogP contribution in [-0.4, -0.2) is 19.8 Å². The number of ether oxygens (including phenoxy) is 2. The number of amides is 1. The van der Waals surface area contributed by atoms with Crippen LogP contribution in [0.5, 0.6) is 5.75 Å². The summed E-state index contributed by atoms with van der Waals surface area (Å²) in [6, 6.07) is 11.6. The van der Waals surface area contributed by atoms with Crippen LogP contribution in [0.1, 0.15) is 13.3 Å². The summed E-state index contributed by atoms with van der Waals surface area (Å²) in [5.74, 6) is 0.777. The maximum Gasteiger partial charge on any atom is 0.224 e. The van der Waals surface area contributed by atoms with E-state index >= 15 is 0 Å². The van der Waals surface area contributed by atoms with Crippen molar-refractivity contribution in [2.45, 2.75) is 13.3 Å². The Hall–Kier alpha value is -2.07. The molecule has 2 aromatic carbocycles. The molecule has 0 aliphatic carbocycles. The molecule has 0 saturated heterocycles. The van der Waals surface area contributed by atoms with E-state index in [2.05, 4.69) is 5.32 Å². The maximum atomic E-state index is 11.3. The van der Waals surface area contributed by atoms with E-state index in [0.29, 0.717) is 6.42 Å². The minimum Gasteiger partial charge on any atom is -0.468 e. The highest BCUT2D eigenvalue weighted by Gasteiger charge is 2.02. The predicted octanol–water partition coefficient (Wildman–Crippen LogP) is 3.17. The number of benzene rings is 2. The van der Waals surface area contributed by atoms with Crippen LogP contribution in [0, 0.1) is 0 Å². The molecule has 0 heterocycles. The minimum atomic E-state index is 0.0133. The summed E-state index contributed by atoms with van der Waals surface area (Å²) in [6.45, 7) is 2.06. The third-order valence-electron chi connectivity index (χ3n) is 2.76. The molecule has 0 spiro atoms. The van der Waals surface area contributed by atoms with Crippen molar-refractivity contribution >= 4 is 22.4 Å². The molecule has 2 rings (SSSR count). The predicted molar refractivity (Wildman–Crippen MR) is 75.4 cm³/mol. The molecule has 1 amide bonds. The van der Waals surface area contributed by atoms with Crippen molar-refractivity contribution in [1.82, 2.24) is 0 Å². The van der Waals surface area contributed by atoms with Crippen LogP contribution in [0.25, 0.3) is 10.8 Å². The third-order valence-corrected chi connectivity index (χ3v) is 2.76. The summed E-state index contributed by atoms with van der Waals surface area (Å²) in [5.41, 5.74) is 0.810. The van der Waals surface area contributed by atoms with Gasteiger partial charge in [-0.15, -0.1) is 0 Å². The SMILES string of the molecule is CCC(=O)Nc1ccc2cc(OCOC)ccc2c1. The van der Waals surface area contributed by atoms with E-state index in [1.54, 1.807) is 7.11 Å². The highest BCUT2D eigenvalue weighted by atomic mass is 16.7. The summed E-state index contributed by atoms with van der Waals surface area (Å²) in [6.07, 6.45) is 0.474. The Morgan fingerprint density at radius 2 is 1.89 bits per heavy atom. The first-order chi connectivity index (χ1) is 9.22. The first-order valence-electron chi connectivity index (χ1n) is 6.18. The lowest BCUT2D eigenvalue weighted by Crippen LogP contribution is -2.09. The number of rotatable bonds is 5. The number of fused-ring (bicyclic) bond motifs is 1. The first-order valence-corrected chi connectivity index (χ1v) is 6.18. The van der Waals surface area contributed by atoms with Crippen LogP contribution in [0.3, 0.4) is 0 Å². The Kier molecular flexibility index (Phi) is 4.36. The highest BCUT2D eigenvalue weighted by molar-refractivity contribution is 5.94. The summed E-state index contributed by atoms with van der Waals surface area (Å²) in [7, 11) is 1.59. The van der Waals surface area contributed by atoms with Gasteiger partial charge in [-0.1, -0.05) is 19.1 Å². The lowest BCUT2D eigenvalue weighted by molar-refractivity contribution is -0.115. The van der Waals surface area contributed by atoms with Crippen molar-refractivity contribution in [3.05, 3.63) is 36.4 Å². The Morgan fingerprint density at radius 3 is 2.63 bits per heavy atom. The molecule has 0 aliphatic heterocycles. The number of nitrogens with one attached hydrogen (secondary N) is 1. The smallest absolute Gasteiger partial charge is 0.224 e. The molecular weight excluding hydrogens is 242 g/mol. The van der Waals surface area contributed by atoms with Gasteiger partial charge in [-0.25, -0.2) is 0 Å². The van der Waals surface area contributed by atoms with E-state index in [1.807, 2.05) is 43.3 Å². The molecule has 0 bridgehead atoms. The van der Waals surface area contributed by atoms with Gasteiger partial charge in [0.1, 0.15) is 5.75 Å². The minimum absolute atomic E-state index is 0.0133. The highest BCUT2D eigenvalue weighted by Crippen LogP contribution is 2.24. The van der Waals surface area contributed by atoms with E-state index < -0.39 is 0 Å². The monoisotopic (exact) mass is 259 g/mol. The summed E-state index contributed by atoms with van der Waals surface area (Å²) >= 11 is 0. The number of anilines is 1. The van der Waals surface area contributed by atoms with Crippen LogP contribution in [0.15, 0.2) is 36.4 Å². The number of hydrogen-bond acceptors (Lipinski definition) is 3. The molecule has 1 N–H and O–H groups in total. The second kappa shape index (κ2) is 6.20. The van der Waals surface area contributed by atoms with E-state index in [9.17, 15) is 4.79 Å². The molecule has 100 valence electrons. The average molecular weight is 259 g/mol. The quantitative estimate of drug-likeness (QED) is 0.839. The second-order valence-electron chi connectivity index (χ2n) is 4.18. The number of carbonyl (C=O) groups is 1. The molecule has 19 heavy (non-hydrogen) atoms. The largest absolute Gasteiger partial charge is 0.468 e. The van der Waals surface area contributed by atoms with E-state index in [4.69, 9.17) is 9.47 Å². The second-order valence-corrected chi connectivity index (χ2v) is 4.18. The van der Waals surface area contributed by atoms with Gasteiger partial charge < -0.3 is 14.8 Å². The fraction of sp³-hybridized carbons (Fsp3) is 0.267. The zero-order valence-corrected chi connectivity index (χ0v) is 11.1. The van der Waals surface area contributed by atoms with Crippen LogP contribution >= 0.6 is 0 Å². The Labute approximate surface area is 112 Å². The molecule has 0 radical (unpaired) electrons. The standard InChI is InChI=1S/C15H17NO3/c1-3-15(17)16-13-6-4-12-9-14(19-10-18-2)7-5-11(12)8-13/h4-9H,3,10H2,1-2H3,(H,16,17). The molecule has 0 aromatic heterocycles. The van der Waals surface area contributed by atoms with Gasteiger partial charge in [-0.3, -0.25) is 4.79 Å². The van der Waals surface area contributed by atoms with Gasteiger partial charge in [0, 0.05) is 19.2 Å². The topological polar surface area (TPSA) is 47.6 Å². The molecule has 4 heteroatoms. The molecular formula is C15H17NO3. The van der Waals surface area contributed by atoms with E-state index in [-0.39, 0.29) is 12.7 Å². The van der Waals surface area contributed by atoms with Crippen molar-refractivity contribution in [2.75, 3.05) is 19.2 Å². The Morgan fingerprint density at radius 1 is 1.16 bits per heavy atom. The summed E-state index contributed by atoms with van der Waals surface area (Å²) in [4.78, 5) is 11.3. The van der Waals surface area contributed by atoms with Crippen LogP contribution < -0.4 is 10.1 Å². The zero-order chi connectivity index (χ0) is 13.7. The van der Waals surface area contributed by atoms with Crippen molar-refractivity contribution in [3.8, 4) is 5.75 Å². The molecule has 0 fully saturated rings. The molecule has 0 atom stereocenters. The average Bonchev–Trinajstić information content (AvgIpc) is 2.44. The van der Waals surface area contributed by atoms with Gasteiger partial charge in [0.2, 0.25) is 5.91 Å². The number of carbonyl (C=O) groups excluding carboxylic acids is 1. The van der Waals surface area contributed by atoms with Crippen LogP contribution in [0.2, 0.25) is 0 Å². The molecule has 2 aromatic rings. The lowest BCUT2D eigenvalue weighted by Gasteiger charge is -2.08. The van der Waals surface area contributed by atoms with Crippen LogP contribution in [-0.2, 0) is 9.53 Å². The zero-order valence-electron chi connectivity index (χ0n) is 11.1. The van der Waals surface area contributed by atoms with Crippen molar-refractivity contribution < 1.29 is 14.3 Å². The Bertz CT molecular complexity index is 581. The summed E-state index contributed by atoms with van der Waals surface area (Å²) in [5, 5.41) is 4.96. The lowest BCUT2D eigenvalue weighted by atomic mass is 10.1. The van der Waals surface area contributed by atoms with Gasteiger partial charge in [0.05, 0.1) is 0 Å². The summed E-state index contributed by atoms with van der Waals surface area (Å²) < 4.78 is 10.2.